The molecule has 1 fully saturated rings. The molecule has 0 spiro atoms. The van der Waals surface area contributed by atoms with Crippen LogP contribution >= 0.6 is 0 Å². The average molecular weight is 399 g/mol. The lowest BCUT2D eigenvalue weighted by molar-refractivity contribution is -0.136. The molecule has 2 aliphatic rings. The van der Waals surface area contributed by atoms with Crippen LogP contribution in [0.4, 0.5) is 0 Å². The van der Waals surface area contributed by atoms with E-state index >= 15 is 0 Å². The molecule has 1 aromatic carbocycles. The Morgan fingerprint density at radius 2 is 2.00 bits per heavy atom. The Labute approximate surface area is 166 Å². The standard InChI is InChI=1S/C20H21N3O6/c1-2-22-14-10-11(29-9-3-8-24)4-5-12(14)16-17(22)20(28)23(19(16)27)13-6-7-15(25)21-18(13)26/h4-5,10,13,24H,2-3,6-9H2,1H3,(H,21,25,26). The molecule has 152 valence electrons. The quantitative estimate of drug-likeness (QED) is 0.549. The first-order valence-electron chi connectivity index (χ1n) is 9.59. The van der Waals surface area contributed by atoms with Gasteiger partial charge in [-0.1, -0.05) is 0 Å². The highest BCUT2D eigenvalue weighted by Gasteiger charge is 2.47. The number of piperidine rings is 1. The second-order valence-electron chi connectivity index (χ2n) is 7.02. The van der Waals surface area contributed by atoms with Crippen LogP contribution in [0.15, 0.2) is 18.2 Å². The lowest BCUT2D eigenvalue weighted by atomic mass is 10.0. The molecule has 0 bridgehead atoms. The number of carbonyl (C=O) groups excluding carboxylic acids is 4. The van der Waals surface area contributed by atoms with Gasteiger partial charge in [0.25, 0.3) is 11.8 Å². The molecule has 9 nitrogen and oxygen atoms in total. The summed E-state index contributed by atoms with van der Waals surface area (Å²) in [5.41, 5.74) is 1.23. The van der Waals surface area contributed by atoms with Crippen LogP contribution in [-0.2, 0) is 16.1 Å². The van der Waals surface area contributed by atoms with Crippen LogP contribution in [0, 0.1) is 0 Å². The van der Waals surface area contributed by atoms with Gasteiger partial charge in [-0.3, -0.25) is 29.4 Å². The zero-order valence-electron chi connectivity index (χ0n) is 15.9. The molecule has 0 radical (unpaired) electrons. The Morgan fingerprint density at radius 3 is 2.69 bits per heavy atom. The summed E-state index contributed by atoms with van der Waals surface area (Å²) in [7, 11) is 0. The van der Waals surface area contributed by atoms with Crippen molar-refractivity contribution in [2.75, 3.05) is 13.2 Å². The summed E-state index contributed by atoms with van der Waals surface area (Å²) in [6.07, 6.45) is 0.710. The predicted molar refractivity (Wildman–Crippen MR) is 101 cm³/mol. The molecule has 1 aromatic heterocycles. The maximum atomic E-state index is 13.1. The van der Waals surface area contributed by atoms with E-state index in [9.17, 15) is 19.2 Å². The minimum atomic E-state index is -0.985. The molecular formula is C20H21N3O6. The minimum Gasteiger partial charge on any atom is -0.493 e. The van der Waals surface area contributed by atoms with Crippen molar-refractivity contribution < 1.29 is 29.0 Å². The Hall–Kier alpha value is -3.20. The molecule has 1 saturated heterocycles. The van der Waals surface area contributed by atoms with Crippen molar-refractivity contribution in [1.29, 1.82) is 0 Å². The van der Waals surface area contributed by atoms with Crippen LogP contribution in [0.1, 0.15) is 47.0 Å². The Bertz CT molecular complexity index is 1040. The molecular weight excluding hydrogens is 378 g/mol. The molecule has 4 amide bonds. The number of nitrogens with zero attached hydrogens (tertiary/aromatic N) is 2. The lowest BCUT2D eigenvalue weighted by Crippen LogP contribution is -2.54. The predicted octanol–water partition coefficient (Wildman–Crippen LogP) is 0.824. The fourth-order valence-corrected chi connectivity index (χ4v) is 3.98. The molecule has 2 N–H and O–H groups in total. The van der Waals surface area contributed by atoms with Crippen molar-refractivity contribution in [3.05, 3.63) is 29.5 Å². The van der Waals surface area contributed by atoms with E-state index in [1.165, 1.54) is 0 Å². The number of benzene rings is 1. The fourth-order valence-electron chi connectivity index (χ4n) is 3.98. The van der Waals surface area contributed by atoms with Gasteiger partial charge in [0.2, 0.25) is 11.8 Å². The number of hydrogen-bond donors (Lipinski definition) is 2. The summed E-state index contributed by atoms with van der Waals surface area (Å²) in [6, 6.07) is 4.23. The highest BCUT2D eigenvalue weighted by atomic mass is 16.5. The van der Waals surface area contributed by atoms with Gasteiger partial charge in [0.1, 0.15) is 17.5 Å². The number of nitrogens with one attached hydrogen (secondary N) is 1. The van der Waals surface area contributed by atoms with Crippen molar-refractivity contribution in [3.8, 4) is 5.75 Å². The van der Waals surface area contributed by atoms with E-state index in [0.717, 1.165) is 4.90 Å². The van der Waals surface area contributed by atoms with Gasteiger partial charge < -0.3 is 14.4 Å². The summed E-state index contributed by atoms with van der Waals surface area (Å²) < 4.78 is 7.36. The number of aliphatic hydroxyl groups is 1. The monoisotopic (exact) mass is 399 g/mol. The summed E-state index contributed by atoms with van der Waals surface area (Å²) in [5, 5.41) is 11.7. The third kappa shape index (κ3) is 2.98. The lowest BCUT2D eigenvalue weighted by Gasteiger charge is -2.28. The fraction of sp³-hybridized carbons (Fsp3) is 0.400. The van der Waals surface area contributed by atoms with Crippen LogP contribution in [0.3, 0.4) is 0 Å². The van der Waals surface area contributed by atoms with E-state index in [1.807, 2.05) is 6.92 Å². The second kappa shape index (κ2) is 7.32. The topological polar surface area (TPSA) is 118 Å². The van der Waals surface area contributed by atoms with Crippen molar-refractivity contribution in [1.82, 2.24) is 14.8 Å². The van der Waals surface area contributed by atoms with Crippen LogP contribution in [0.2, 0.25) is 0 Å². The molecule has 4 rings (SSSR count). The average Bonchev–Trinajstić information content (AvgIpc) is 3.15. The number of hydrogen-bond acceptors (Lipinski definition) is 6. The molecule has 29 heavy (non-hydrogen) atoms. The van der Waals surface area contributed by atoms with Crippen molar-refractivity contribution in [2.24, 2.45) is 0 Å². The maximum Gasteiger partial charge on any atom is 0.278 e. The third-order valence-electron chi connectivity index (χ3n) is 5.30. The van der Waals surface area contributed by atoms with Gasteiger partial charge in [-0.25, -0.2) is 0 Å². The number of aryl methyl sites for hydroxylation is 1. The van der Waals surface area contributed by atoms with Crippen molar-refractivity contribution in [3.63, 3.8) is 0 Å². The van der Waals surface area contributed by atoms with E-state index in [4.69, 9.17) is 9.84 Å². The van der Waals surface area contributed by atoms with Gasteiger partial charge >= 0.3 is 0 Å². The summed E-state index contributed by atoms with van der Waals surface area (Å²) in [4.78, 5) is 50.9. The number of imide groups is 2. The van der Waals surface area contributed by atoms with E-state index in [-0.39, 0.29) is 30.7 Å². The third-order valence-corrected chi connectivity index (χ3v) is 5.30. The number of aromatic nitrogens is 1. The van der Waals surface area contributed by atoms with Gasteiger partial charge in [-0.2, -0.15) is 0 Å². The summed E-state index contributed by atoms with van der Waals surface area (Å²) >= 11 is 0. The van der Waals surface area contributed by atoms with Gasteiger partial charge in [0.05, 0.1) is 17.7 Å². The smallest absolute Gasteiger partial charge is 0.278 e. The number of rotatable bonds is 6. The first-order valence-corrected chi connectivity index (χ1v) is 9.59. The Kier molecular flexibility index (Phi) is 4.83. The van der Waals surface area contributed by atoms with Crippen molar-refractivity contribution >= 4 is 34.5 Å². The molecule has 0 aliphatic carbocycles. The molecule has 1 atom stereocenters. The first-order chi connectivity index (χ1) is 14.0. The molecule has 2 aliphatic heterocycles. The normalized spacial score (nSPS) is 19.1. The first kappa shape index (κ1) is 19.1. The molecule has 0 saturated carbocycles. The molecule has 1 unspecified atom stereocenters. The Morgan fingerprint density at radius 1 is 1.21 bits per heavy atom. The number of fused-ring (bicyclic) bond motifs is 3. The number of aliphatic hydroxyl groups excluding tert-OH is 1. The Balaban J connectivity index is 1.74. The molecule has 2 aromatic rings. The zero-order chi connectivity index (χ0) is 20.7. The van der Waals surface area contributed by atoms with Crippen LogP contribution in [0.25, 0.3) is 10.9 Å². The summed E-state index contributed by atoms with van der Waals surface area (Å²) in [6.45, 7) is 2.70. The molecule has 9 heteroatoms. The zero-order valence-corrected chi connectivity index (χ0v) is 15.9. The van der Waals surface area contributed by atoms with Crippen molar-refractivity contribution in [2.45, 2.75) is 38.8 Å². The van der Waals surface area contributed by atoms with E-state index in [1.54, 1.807) is 22.8 Å². The maximum absolute atomic E-state index is 13.1. The SMILES string of the molecule is CCn1c2c(c3ccc(OCCCO)cc31)C(=O)N(C1CCC(=O)NC1=O)C2=O. The largest absolute Gasteiger partial charge is 0.493 e. The highest BCUT2D eigenvalue weighted by Crippen LogP contribution is 2.36. The van der Waals surface area contributed by atoms with Crippen LogP contribution in [0.5, 0.6) is 5.75 Å². The van der Waals surface area contributed by atoms with Gasteiger partial charge in [-0.15, -0.1) is 0 Å². The van der Waals surface area contributed by atoms with E-state index < -0.39 is 29.7 Å². The van der Waals surface area contributed by atoms with Crippen LogP contribution < -0.4 is 10.1 Å². The van der Waals surface area contributed by atoms with E-state index in [2.05, 4.69) is 5.32 Å². The van der Waals surface area contributed by atoms with Gasteiger partial charge in [0.15, 0.2) is 0 Å². The highest BCUT2D eigenvalue weighted by molar-refractivity contribution is 6.28. The second-order valence-corrected chi connectivity index (χ2v) is 7.02. The van der Waals surface area contributed by atoms with Gasteiger partial charge in [0, 0.05) is 37.4 Å². The molecule has 3 heterocycles. The summed E-state index contributed by atoms with van der Waals surface area (Å²) in [5.74, 6) is -1.50. The number of ether oxygens (including phenoxy) is 1. The van der Waals surface area contributed by atoms with Crippen LogP contribution in [-0.4, -0.2) is 57.5 Å². The van der Waals surface area contributed by atoms with E-state index in [0.29, 0.717) is 36.2 Å². The number of amides is 4. The minimum absolute atomic E-state index is 0.0288. The van der Waals surface area contributed by atoms with Gasteiger partial charge in [-0.05, 0) is 25.5 Å². The number of carbonyl (C=O) groups is 4.